The lowest BCUT2D eigenvalue weighted by Gasteiger charge is -2.36. The summed E-state index contributed by atoms with van der Waals surface area (Å²) in [6, 6.07) is 1.79. The number of H-pyrrole nitrogens is 1. The van der Waals surface area contributed by atoms with Crippen LogP contribution in [0.1, 0.15) is 10.4 Å². The summed E-state index contributed by atoms with van der Waals surface area (Å²) in [5.74, 6) is 0.478. The van der Waals surface area contributed by atoms with Gasteiger partial charge in [0, 0.05) is 44.5 Å². The lowest BCUT2D eigenvalue weighted by molar-refractivity contribution is -0.148. The average Bonchev–Trinajstić information content (AvgIpc) is 3.30. The molecule has 0 bridgehead atoms. The van der Waals surface area contributed by atoms with Crippen LogP contribution in [0.5, 0.6) is 0 Å². The van der Waals surface area contributed by atoms with Gasteiger partial charge in [0.15, 0.2) is 0 Å². The van der Waals surface area contributed by atoms with Crippen molar-refractivity contribution in [1.82, 2.24) is 14.8 Å². The molecule has 1 N–H and O–H groups in total. The van der Waals surface area contributed by atoms with Crippen LogP contribution in [-0.2, 0) is 14.3 Å². The number of rotatable bonds is 2. The Hall–Kier alpha value is -1.86. The molecule has 3 aliphatic rings. The van der Waals surface area contributed by atoms with E-state index in [1.807, 2.05) is 9.80 Å². The molecular formula is C17H23N3O4. The summed E-state index contributed by atoms with van der Waals surface area (Å²) in [6.07, 6.45) is 3.47. The summed E-state index contributed by atoms with van der Waals surface area (Å²) in [5, 5.41) is 0. The topological polar surface area (TPSA) is 74.9 Å². The maximum absolute atomic E-state index is 12.9. The Morgan fingerprint density at radius 3 is 2.67 bits per heavy atom. The molecule has 3 atom stereocenters. The third kappa shape index (κ3) is 2.82. The molecule has 24 heavy (non-hydrogen) atoms. The largest absolute Gasteiger partial charge is 0.380 e. The van der Waals surface area contributed by atoms with Crippen LogP contribution in [0, 0.1) is 17.8 Å². The minimum absolute atomic E-state index is 0.0308. The first-order valence-corrected chi connectivity index (χ1v) is 8.60. The lowest BCUT2D eigenvalue weighted by Crippen LogP contribution is -2.49. The second kappa shape index (κ2) is 6.57. The Labute approximate surface area is 140 Å². The minimum Gasteiger partial charge on any atom is -0.380 e. The van der Waals surface area contributed by atoms with Crippen molar-refractivity contribution < 1.29 is 19.1 Å². The highest BCUT2D eigenvalue weighted by molar-refractivity contribution is 5.94. The summed E-state index contributed by atoms with van der Waals surface area (Å²) in [4.78, 5) is 32.1. The van der Waals surface area contributed by atoms with E-state index in [4.69, 9.17) is 9.47 Å². The highest BCUT2D eigenvalue weighted by atomic mass is 16.5. The summed E-state index contributed by atoms with van der Waals surface area (Å²) in [5.41, 5.74) is 0.672. The lowest BCUT2D eigenvalue weighted by atomic mass is 9.82. The van der Waals surface area contributed by atoms with Gasteiger partial charge in [-0.25, -0.2) is 0 Å². The molecular weight excluding hydrogens is 310 g/mol. The molecule has 7 nitrogen and oxygen atoms in total. The van der Waals surface area contributed by atoms with Crippen molar-refractivity contribution in [2.24, 2.45) is 17.8 Å². The molecule has 2 amide bonds. The molecule has 0 unspecified atom stereocenters. The molecule has 0 radical (unpaired) electrons. The van der Waals surface area contributed by atoms with E-state index in [9.17, 15) is 9.59 Å². The van der Waals surface area contributed by atoms with Crippen molar-refractivity contribution in [2.45, 2.75) is 0 Å². The van der Waals surface area contributed by atoms with Gasteiger partial charge in [-0.1, -0.05) is 0 Å². The van der Waals surface area contributed by atoms with Crippen LogP contribution in [0.2, 0.25) is 0 Å². The van der Waals surface area contributed by atoms with Crippen molar-refractivity contribution >= 4 is 11.8 Å². The second-order valence-electron chi connectivity index (χ2n) is 6.82. The zero-order valence-electron chi connectivity index (χ0n) is 13.6. The van der Waals surface area contributed by atoms with Crippen molar-refractivity contribution in [3.8, 4) is 0 Å². The first-order chi connectivity index (χ1) is 11.7. The number of carbonyl (C=O) groups is 2. The number of likely N-dealkylation sites (tertiary alicyclic amines) is 1. The number of nitrogens with one attached hydrogen (secondary N) is 1. The zero-order chi connectivity index (χ0) is 16.5. The standard InChI is InChI=1S/C17H23N3O4/c21-16(12-1-2-18-7-12)20-8-13-10-24-11-15(14(13)9-20)17(22)19-3-5-23-6-4-19/h1-2,7,13-15,18H,3-6,8-11H2/t13-,14-,15+/m1/s1. The van der Waals surface area contributed by atoms with Gasteiger partial charge in [0.2, 0.25) is 5.91 Å². The summed E-state index contributed by atoms with van der Waals surface area (Å²) in [7, 11) is 0. The zero-order valence-corrected chi connectivity index (χ0v) is 13.6. The Bertz CT molecular complexity index is 597. The highest BCUT2D eigenvalue weighted by Gasteiger charge is 2.46. The van der Waals surface area contributed by atoms with Crippen LogP contribution in [-0.4, -0.2) is 79.2 Å². The molecule has 7 heteroatoms. The van der Waals surface area contributed by atoms with Crippen LogP contribution in [0.4, 0.5) is 0 Å². The van der Waals surface area contributed by atoms with Gasteiger partial charge in [-0.2, -0.15) is 0 Å². The van der Waals surface area contributed by atoms with Crippen molar-refractivity contribution in [1.29, 1.82) is 0 Å². The third-order valence-electron chi connectivity index (χ3n) is 5.41. The van der Waals surface area contributed by atoms with Crippen LogP contribution >= 0.6 is 0 Å². The van der Waals surface area contributed by atoms with Gasteiger partial charge in [-0.3, -0.25) is 9.59 Å². The Morgan fingerprint density at radius 1 is 1.08 bits per heavy atom. The van der Waals surface area contributed by atoms with Crippen LogP contribution in [0.25, 0.3) is 0 Å². The van der Waals surface area contributed by atoms with Gasteiger partial charge in [0.05, 0.1) is 37.9 Å². The van der Waals surface area contributed by atoms with E-state index >= 15 is 0 Å². The number of nitrogens with zero attached hydrogens (tertiary/aromatic N) is 2. The number of morpholine rings is 1. The van der Waals surface area contributed by atoms with Crippen molar-refractivity contribution in [3.63, 3.8) is 0 Å². The highest BCUT2D eigenvalue weighted by Crippen LogP contribution is 2.35. The number of aromatic nitrogens is 1. The Morgan fingerprint density at radius 2 is 1.92 bits per heavy atom. The quantitative estimate of drug-likeness (QED) is 0.839. The fraction of sp³-hybridized carbons (Fsp3) is 0.647. The minimum atomic E-state index is -0.147. The van der Waals surface area contributed by atoms with E-state index in [0.29, 0.717) is 58.2 Å². The first-order valence-electron chi connectivity index (χ1n) is 8.60. The number of hydrogen-bond donors (Lipinski definition) is 1. The Kier molecular flexibility index (Phi) is 4.28. The normalized spacial score (nSPS) is 30.2. The first kappa shape index (κ1) is 15.7. The predicted molar refractivity (Wildman–Crippen MR) is 85.4 cm³/mol. The van der Waals surface area contributed by atoms with E-state index in [0.717, 1.165) is 0 Å². The number of hydrogen-bond acceptors (Lipinski definition) is 4. The molecule has 130 valence electrons. The van der Waals surface area contributed by atoms with Gasteiger partial charge in [-0.15, -0.1) is 0 Å². The maximum Gasteiger partial charge on any atom is 0.255 e. The van der Waals surface area contributed by atoms with Gasteiger partial charge in [0.1, 0.15) is 0 Å². The van der Waals surface area contributed by atoms with Gasteiger partial charge >= 0.3 is 0 Å². The molecule has 3 saturated heterocycles. The fourth-order valence-corrected chi connectivity index (χ4v) is 4.08. The van der Waals surface area contributed by atoms with Crippen LogP contribution in [0.15, 0.2) is 18.5 Å². The molecule has 0 aliphatic carbocycles. The van der Waals surface area contributed by atoms with Crippen LogP contribution < -0.4 is 0 Å². The maximum atomic E-state index is 12.9. The monoisotopic (exact) mass is 333 g/mol. The van der Waals surface area contributed by atoms with Crippen molar-refractivity contribution in [3.05, 3.63) is 24.0 Å². The Balaban J connectivity index is 1.46. The number of carbonyl (C=O) groups excluding carboxylic acids is 2. The van der Waals surface area contributed by atoms with Crippen LogP contribution in [0.3, 0.4) is 0 Å². The second-order valence-corrected chi connectivity index (χ2v) is 6.82. The van der Waals surface area contributed by atoms with Gasteiger partial charge in [-0.05, 0) is 12.0 Å². The smallest absolute Gasteiger partial charge is 0.255 e. The molecule has 1 aromatic rings. The third-order valence-corrected chi connectivity index (χ3v) is 5.41. The molecule has 0 spiro atoms. The molecule has 3 aliphatic heterocycles. The number of aromatic amines is 1. The molecule has 0 aromatic carbocycles. The van der Waals surface area contributed by atoms with Gasteiger partial charge in [0.25, 0.3) is 5.91 Å². The summed E-state index contributed by atoms with van der Waals surface area (Å²) in [6.45, 7) is 4.91. The molecule has 0 saturated carbocycles. The molecule has 4 rings (SSSR count). The summed E-state index contributed by atoms with van der Waals surface area (Å²) < 4.78 is 11.0. The average molecular weight is 333 g/mol. The SMILES string of the molecule is O=C(c1cc[nH]c1)N1C[C@@H]2COC[C@H](C(=O)N3CCOCC3)[C@@H]2C1. The predicted octanol–water partition coefficient (Wildman–Crippen LogP) is 0.208. The van der Waals surface area contributed by atoms with E-state index < -0.39 is 0 Å². The molecule has 3 fully saturated rings. The van der Waals surface area contributed by atoms with E-state index in [1.54, 1.807) is 18.5 Å². The van der Waals surface area contributed by atoms with E-state index in [-0.39, 0.29) is 29.6 Å². The summed E-state index contributed by atoms with van der Waals surface area (Å²) >= 11 is 0. The van der Waals surface area contributed by atoms with Gasteiger partial charge < -0.3 is 24.3 Å². The molecule has 1 aromatic heterocycles. The fourth-order valence-electron chi connectivity index (χ4n) is 4.08. The van der Waals surface area contributed by atoms with E-state index in [2.05, 4.69) is 4.98 Å². The number of ether oxygens (including phenoxy) is 2. The molecule has 4 heterocycles. The number of amides is 2. The van der Waals surface area contributed by atoms with E-state index in [1.165, 1.54) is 0 Å². The van der Waals surface area contributed by atoms with Crippen molar-refractivity contribution in [2.75, 3.05) is 52.6 Å². The number of fused-ring (bicyclic) bond motifs is 1.